The number of anilines is 1. The molecule has 1 N–H and O–H groups in total. The summed E-state index contributed by atoms with van der Waals surface area (Å²) in [5.41, 5.74) is 1.57. The number of halogens is 2. The predicted octanol–water partition coefficient (Wildman–Crippen LogP) is 3.15. The number of hydrogen-bond acceptors (Lipinski definition) is 6. The van der Waals surface area contributed by atoms with Gasteiger partial charge in [-0.3, -0.25) is 14.9 Å². The standard InChI is InChI=1S/C17H15F2N5O4/c1-9-3-10(2)23-16(21-9)14(7-20-23)17(25)22-11-4-12(24(26)27)6-13(5-11)28-8-15(18)19/h3-7,15H,8H2,1-2H3,(H,22,25). The maximum Gasteiger partial charge on any atom is 0.275 e. The minimum Gasteiger partial charge on any atom is -0.487 e. The molecule has 1 aromatic carbocycles. The molecule has 0 saturated carbocycles. The van der Waals surface area contributed by atoms with E-state index >= 15 is 0 Å². The molecule has 0 fully saturated rings. The summed E-state index contributed by atoms with van der Waals surface area (Å²) in [6, 6.07) is 5.13. The number of alkyl halides is 2. The van der Waals surface area contributed by atoms with E-state index in [4.69, 9.17) is 4.74 Å². The lowest BCUT2D eigenvalue weighted by atomic mass is 10.2. The molecule has 1 amide bonds. The zero-order chi connectivity index (χ0) is 20.4. The van der Waals surface area contributed by atoms with Crippen LogP contribution in [0.4, 0.5) is 20.2 Å². The minimum absolute atomic E-state index is 0.0205. The second kappa shape index (κ2) is 7.55. The molecular weight excluding hydrogens is 376 g/mol. The van der Waals surface area contributed by atoms with E-state index in [1.807, 2.05) is 6.92 Å². The van der Waals surface area contributed by atoms with Gasteiger partial charge in [0.1, 0.15) is 17.9 Å². The Kier molecular flexibility index (Phi) is 5.16. The van der Waals surface area contributed by atoms with Crippen molar-refractivity contribution in [1.82, 2.24) is 14.6 Å². The van der Waals surface area contributed by atoms with Gasteiger partial charge in [-0.2, -0.15) is 5.10 Å². The fourth-order valence-corrected chi connectivity index (χ4v) is 2.63. The fourth-order valence-electron chi connectivity index (χ4n) is 2.63. The number of carbonyl (C=O) groups is 1. The Morgan fingerprint density at radius 1 is 1.32 bits per heavy atom. The van der Waals surface area contributed by atoms with Gasteiger partial charge in [0.05, 0.1) is 22.9 Å². The number of aryl methyl sites for hydroxylation is 2. The first kappa shape index (κ1) is 19.1. The van der Waals surface area contributed by atoms with Crippen molar-refractivity contribution in [2.75, 3.05) is 11.9 Å². The predicted molar refractivity (Wildman–Crippen MR) is 95.0 cm³/mol. The lowest BCUT2D eigenvalue weighted by molar-refractivity contribution is -0.384. The number of nitro benzene ring substituents is 1. The average Bonchev–Trinajstić information content (AvgIpc) is 3.04. The van der Waals surface area contributed by atoms with Crippen LogP contribution in [0.3, 0.4) is 0 Å². The van der Waals surface area contributed by atoms with Gasteiger partial charge < -0.3 is 10.1 Å². The fraction of sp³-hybridized carbons (Fsp3) is 0.235. The number of aromatic nitrogens is 3. The summed E-state index contributed by atoms with van der Waals surface area (Å²) in [5.74, 6) is -0.762. The maximum atomic E-state index is 12.6. The van der Waals surface area contributed by atoms with Crippen molar-refractivity contribution >= 4 is 22.9 Å². The third kappa shape index (κ3) is 4.03. The number of carbonyl (C=O) groups excluding carboxylic acids is 1. The monoisotopic (exact) mass is 391 g/mol. The summed E-state index contributed by atoms with van der Waals surface area (Å²) >= 11 is 0. The van der Waals surface area contributed by atoms with Crippen molar-refractivity contribution in [1.29, 1.82) is 0 Å². The number of benzene rings is 1. The van der Waals surface area contributed by atoms with E-state index in [1.54, 1.807) is 13.0 Å². The van der Waals surface area contributed by atoms with Crippen molar-refractivity contribution in [3.63, 3.8) is 0 Å². The van der Waals surface area contributed by atoms with Gasteiger partial charge in [0.25, 0.3) is 18.0 Å². The van der Waals surface area contributed by atoms with Crippen molar-refractivity contribution in [3.05, 3.63) is 57.5 Å². The van der Waals surface area contributed by atoms with E-state index in [2.05, 4.69) is 15.4 Å². The van der Waals surface area contributed by atoms with E-state index in [1.165, 1.54) is 16.8 Å². The summed E-state index contributed by atoms with van der Waals surface area (Å²) in [7, 11) is 0. The van der Waals surface area contributed by atoms with E-state index < -0.39 is 29.6 Å². The van der Waals surface area contributed by atoms with Crippen LogP contribution in [0.2, 0.25) is 0 Å². The number of non-ortho nitro benzene ring substituents is 1. The van der Waals surface area contributed by atoms with Crippen LogP contribution in [0.25, 0.3) is 5.65 Å². The van der Waals surface area contributed by atoms with Crippen LogP contribution in [-0.4, -0.2) is 38.5 Å². The van der Waals surface area contributed by atoms with Crippen LogP contribution in [0.5, 0.6) is 5.75 Å². The molecule has 3 aromatic rings. The molecule has 0 atom stereocenters. The number of rotatable bonds is 6. The normalized spacial score (nSPS) is 11.0. The van der Waals surface area contributed by atoms with E-state index in [0.29, 0.717) is 11.3 Å². The number of nitro groups is 1. The molecule has 0 bridgehead atoms. The lowest BCUT2D eigenvalue weighted by Crippen LogP contribution is -2.13. The Bertz CT molecular complexity index is 1070. The summed E-state index contributed by atoms with van der Waals surface area (Å²) in [6.45, 7) is 2.66. The second-order valence-electron chi connectivity index (χ2n) is 5.96. The van der Waals surface area contributed by atoms with Gasteiger partial charge in [-0.05, 0) is 19.9 Å². The number of amides is 1. The molecule has 2 heterocycles. The molecule has 0 aliphatic rings. The van der Waals surface area contributed by atoms with Crippen LogP contribution in [0, 0.1) is 24.0 Å². The van der Waals surface area contributed by atoms with Crippen LogP contribution >= 0.6 is 0 Å². The van der Waals surface area contributed by atoms with Crippen molar-refractivity contribution in [2.45, 2.75) is 20.3 Å². The molecule has 0 radical (unpaired) electrons. The molecule has 0 spiro atoms. The van der Waals surface area contributed by atoms with Crippen LogP contribution in [-0.2, 0) is 0 Å². The highest BCUT2D eigenvalue weighted by atomic mass is 19.3. The SMILES string of the molecule is Cc1cc(C)n2ncc(C(=O)Nc3cc(OCC(F)F)cc([N+](=O)[O-])c3)c2n1. The molecule has 0 saturated heterocycles. The van der Waals surface area contributed by atoms with Crippen molar-refractivity contribution in [2.24, 2.45) is 0 Å². The highest BCUT2D eigenvalue weighted by Crippen LogP contribution is 2.27. The molecule has 0 unspecified atom stereocenters. The number of nitrogens with zero attached hydrogens (tertiary/aromatic N) is 4. The largest absolute Gasteiger partial charge is 0.487 e. The summed E-state index contributed by atoms with van der Waals surface area (Å²) in [4.78, 5) is 27.3. The van der Waals surface area contributed by atoms with Crippen LogP contribution in [0.15, 0.2) is 30.5 Å². The zero-order valence-electron chi connectivity index (χ0n) is 14.8. The molecule has 3 rings (SSSR count). The van der Waals surface area contributed by atoms with Crippen molar-refractivity contribution in [3.8, 4) is 5.75 Å². The van der Waals surface area contributed by atoms with Crippen LogP contribution < -0.4 is 10.1 Å². The quantitative estimate of drug-likeness (QED) is 0.510. The Hall–Kier alpha value is -3.63. The smallest absolute Gasteiger partial charge is 0.275 e. The summed E-state index contributed by atoms with van der Waals surface area (Å²) in [5, 5.41) is 17.7. The third-order valence-corrected chi connectivity index (χ3v) is 3.76. The number of nitrogens with one attached hydrogen (secondary N) is 1. The lowest BCUT2D eigenvalue weighted by Gasteiger charge is -2.09. The highest BCUT2D eigenvalue weighted by molar-refractivity contribution is 6.08. The van der Waals surface area contributed by atoms with Crippen LogP contribution in [0.1, 0.15) is 21.7 Å². The second-order valence-corrected chi connectivity index (χ2v) is 5.96. The van der Waals surface area contributed by atoms with Gasteiger partial charge >= 0.3 is 0 Å². The Labute approximate surface area is 157 Å². The first-order valence-corrected chi connectivity index (χ1v) is 8.08. The van der Waals surface area contributed by atoms with E-state index in [-0.39, 0.29) is 17.0 Å². The first-order chi connectivity index (χ1) is 13.2. The summed E-state index contributed by atoms with van der Waals surface area (Å²) in [6.07, 6.45) is -1.41. The highest BCUT2D eigenvalue weighted by Gasteiger charge is 2.18. The van der Waals surface area contributed by atoms with Gasteiger partial charge in [-0.1, -0.05) is 0 Å². The van der Waals surface area contributed by atoms with Gasteiger partial charge in [0, 0.05) is 23.5 Å². The van der Waals surface area contributed by atoms with Gasteiger partial charge in [-0.15, -0.1) is 0 Å². The molecule has 146 valence electrons. The number of hydrogen-bond donors (Lipinski definition) is 1. The molecule has 9 nitrogen and oxygen atoms in total. The van der Waals surface area contributed by atoms with E-state index in [9.17, 15) is 23.7 Å². The Morgan fingerprint density at radius 3 is 2.75 bits per heavy atom. The minimum atomic E-state index is -2.74. The Morgan fingerprint density at radius 2 is 2.07 bits per heavy atom. The maximum absolute atomic E-state index is 12.6. The molecule has 0 aliphatic heterocycles. The molecule has 11 heteroatoms. The zero-order valence-corrected chi connectivity index (χ0v) is 14.8. The summed E-state index contributed by atoms with van der Waals surface area (Å²) < 4.78 is 31.0. The first-order valence-electron chi connectivity index (χ1n) is 8.08. The topological polar surface area (TPSA) is 112 Å². The Balaban J connectivity index is 1.92. The van der Waals surface area contributed by atoms with Gasteiger partial charge in [-0.25, -0.2) is 18.3 Å². The molecule has 2 aromatic heterocycles. The average molecular weight is 391 g/mol. The molecular formula is C17H15F2N5O4. The van der Waals surface area contributed by atoms with E-state index in [0.717, 1.165) is 17.8 Å². The molecule has 0 aliphatic carbocycles. The molecule has 28 heavy (non-hydrogen) atoms. The van der Waals surface area contributed by atoms with Gasteiger partial charge in [0.2, 0.25) is 0 Å². The number of fused-ring (bicyclic) bond motifs is 1. The van der Waals surface area contributed by atoms with Gasteiger partial charge in [0.15, 0.2) is 5.65 Å². The van der Waals surface area contributed by atoms with Crippen molar-refractivity contribution < 1.29 is 23.2 Å². The third-order valence-electron chi connectivity index (χ3n) is 3.76. The number of ether oxygens (including phenoxy) is 1.